The van der Waals surface area contributed by atoms with Crippen LogP contribution in [0.15, 0.2) is 35.6 Å². The number of aliphatic hydroxyl groups is 2. The third-order valence-corrected chi connectivity index (χ3v) is 3.79. The molecule has 0 radical (unpaired) electrons. The Balaban J connectivity index is 2.47. The van der Waals surface area contributed by atoms with E-state index in [0.29, 0.717) is 11.1 Å². The number of hydrogen-bond acceptors (Lipinski definition) is 6. The number of nitrogens with zero attached hydrogens (tertiary/aromatic N) is 1. The van der Waals surface area contributed by atoms with Gasteiger partial charge in [-0.2, -0.15) is 0 Å². The first-order valence-electron chi connectivity index (χ1n) is 7.39. The number of carbonyl (C=O) groups excluding carboxylic acids is 3. The van der Waals surface area contributed by atoms with Crippen LogP contribution in [-0.4, -0.2) is 52.5 Å². The zero-order chi connectivity index (χ0) is 18.0. The van der Waals surface area contributed by atoms with Gasteiger partial charge in [0.15, 0.2) is 11.5 Å². The maximum Gasteiger partial charge on any atom is 0.337 e. The van der Waals surface area contributed by atoms with E-state index < -0.39 is 35.6 Å². The molecule has 1 aromatic rings. The number of carbonyl (C=O) groups is 3. The Morgan fingerprint density at radius 1 is 1.29 bits per heavy atom. The molecule has 2 N–H and O–H groups in total. The van der Waals surface area contributed by atoms with Crippen LogP contribution in [0, 0.1) is 0 Å². The quantitative estimate of drug-likeness (QED) is 0.783. The van der Waals surface area contributed by atoms with Gasteiger partial charge in [-0.15, -0.1) is 0 Å². The van der Waals surface area contributed by atoms with Crippen LogP contribution in [0.2, 0.25) is 0 Å². The predicted octanol–water partition coefficient (Wildman–Crippen LogP) is 1.14. The first-order valence-corrected chi connectivity index (χ1v) is 7.39. The molecular formula is C17H19NO6. The third-order valence-electron chi connectivity index (χ3n) is 3.79. The van der Waals surface area contributed by atoms with Gasteiger partial charge in [0.05, 0.1) is 30.4 Å². The summed E-state index contributed by atoms with van der Waals surface area (Å²) in [5.74, 6) is -2.25. The van der Waals surface area contributed by atoms with Gasteiger partial charge >= 0.3 is 5.97 Å². The highest BCUT2D eigenvalue weighted by molar-refractivity contribution is 6.08. The fourth-order valence-corrected chi connectivity index (χ4v) is 2.75. The van der Waals surface area contributed by atoms with Crippen molar-refractivity contribution in [2.75, 3.05) is 13.7 Å². The molecule has 1 aliphatic heterocycles. The summed E-state index contributed by atoms with van der Waals surface area (Å²) in [6, 6.07) is 5.39. The van der Waals surface area contributed by atoms with Gasteiger partial charge in [-0.3, -0.25) is 9.59 Å². The lowest BCUT2D eigenvalue weighted by atomic mass is 9.96. The largest absolute Gasteiger partial charge is 0.503 e. The molecule has 2 rings (SSSR count). The first-order chi connectivity index (χ1) is 11.3. The lowest BCUT2D eigenvalue weighted by molar-refractivity contribution is -0.130. The predicted molar refractivity (Wildman–Crippen MR) is 84.3 cm³/mol. The molecule has 0 saturated heterocycles. The Morgan fingerprint density at radius 3 is 2.33 bits per heavy atom. The number of β-amino-alcohol motifs (C(OH)–C–C–N with tert-alkyl or cyclic N) is 1. The number of rotatable bonds is 5. The van der Waals surface area contributed by atoms with Gasteiger partial charge in [-0.1, -0.05) is 12.1 Å². The normalized spacial score (nSPS) is 18.8. The minimum absolute atomic E-state index is 0.0218. The summed E-state index contributed by atoms with van der Waals surface area (Å²) in [5.41, 5.74) is 0.850. The van der Waals surface area contributed by atoms with Gasteiger partial charge in [0.2, 0.25) is 0 Å². The molecule has 0 bridgehead atoms. The number of esters is 1. The van der Waals surface area contributed by atoms with Crippen LogP contribution in [0.3, 0.4) is 0 Å². The van der Waals surface area contributed by atoms with E-state index in [0.717, 1.165) is 0 Å². The van der Waals surface area contributed by atoms with Crippen molar-refractivity contribution in [2.45, 2.75) is 26.0 Å². The SMILES string of the molecule is COC(=O)c1ccc([C@H]2C(C(C)=O)=C(O)C(=O)N2C[C@@H](C)O)cc1. The van der Waals surface area contributed by atoms with E-state index in [1.807, 2.05) is 0 Å². The van der Waals surface area contributed by atoms with Crippen LogP contribution >= 0.6 is 0 Å². The molecule has 0 aromatic heterocycles. The minimum Gasteiger partial charge on any atom is -0.503 e. The van der Waals surface area contributed by atoms with Crippen molar-refractivity contribution < 1.29 is 29.3 Å². The Labute approximate surface area is 139 Å². The second-order valence-electron chi connectivity index (χ2n) is 5.64. The molecule has 0 spiro atoms. The van der Waals surface area contributed by atoms with Crippen molar-refractivity contribution in [2.24, 2.45) is 0 Å². The number of ketones is 1. The molecule has 7 heteroatoms. The fourth-order valence-electron chi connectivity index (χ4n) is 2.75. The maximum atomic E-state index is 12.2. The lowest BCUT2D eigenvalue weighted by Gasteiger charge is -2.27. The van der Waals surface area contributed by atoms with Gasteiger partial charge in [-0.05, 0) is 31.5 Å². The standard InChI is InChI=1S/C17H19NO6/c1-9(19)8-18-14(13(10(2)20)15(21)16(18)22)11-4-6-12(7-5-11)17(23)24-3/h4-7,9,14,19,21H,8H2,1-3H3/t9-,14+/m1/s1. The molecule has 1 aromatic carbocycles. The van der Waals surface area contributed by atoms with E-state index >= 15 is 0 Å². The van der Waals surface area contributed by atoms with E-state index in [-0.39, 0.29) is 12.1 Å². The van der Waals surface area contributed by atoms with Crippen molar-refractivity contribution in [1.29, 1.82) is 0 Å². The van der Waals surface area contributed by atoms with Crippen molar-refractivity contribution >= 4 is 17.7 Å². The van der Waals surface area contributed by atoms with Crippen LogP contribution < -0.4 is 0 Å². The summed E-state index contributed by atoms with van der Waals surface area (Å²) in [7, 11) is 1.27. The number of aliphatic hydroxyl groups excluding tert-OH is 2. The molecule has 0 fully saturated rings. The zero-order valence-electron chi connectivity index (χ0n) is 13.6. The summed E-state index contributed by atoms with van der Waals surface area (Å²) in [5, 5.41) is 19.7. The Kier molecular flexibility index (Phi) is 5.04. The summed E-state index contributed by atoms with van der Waals surface area (Å²) in [6.07, 6.45) is -0.829. The highest BCUT2D eigenvalue weighted by Crippen LogP contribution is 2.37. The number of Topliss-reactive ketones (excluding diaryl/α,β-unsaturated/α-hetero) is 1. The van der Waals surface area contributed by atoms with Crippen molar-refractivity contribution in [1.82, 2.24) is 4.90 Å². The number of amides is 1. The molecule has 1 heterocycles. The van der Waals surface area contributed by atoms with Gasteiger partial charge < -0.3 is 19.8 Å². The number of ether oxygens (including phenoxy) is 1. The molecule has 7 nitrogen and oxygen atoms in total. The average Bonchev–Trinajstić information content (AvgIpc) is 2.78. The van der Waals surface area contributed by atoms with Gasteiger partial charge in [-0.25, -0.2) is 4.79 Å². The monoisotopic (exact) mass is 333 g/mol. The molecule has 0 saturated carbocycles. The molecule has 2 atom stereocenters. The van der Waals surface area contributed by atoms with E-state index in [9.17, 15) is 24.6 Å². The van der Waals surface area contributed by atoms with Crippen LogP contribution in [0.25, 0.3) is 0 Å². The van der Waals surface area contributed by atoms with Gasteiger partial charge in [0, 0.05) is 6.54 Å². The Morgan fingerprint density at radius 2 is 1.88 bits per heavy atom. The van der Waals surface area contributed by atoms with Crippen molar-refractivity contribution in [3.05, 3.63) is 46.7 Å². The minimum atomic E-state index is -0.829. The summed E-state index contributed by atoms with van der Waals surface area (Å²) in [4.78, 5) is 36.9. The lowest BCUT2D eigenvalue weighted by Crippen LogP contribution is -2.36. The zero-order valence-corrected chi connectivity index (χ0v) is 13.6. The maximum absolute atomic E-state index is 12.2. The molecular weight excluding hydrogens is 314 g/mol. The Bertz CT molecular complexity index is 704. The third kappa shape index (κ3) is 3.16. The van der Waals surface area contributed by atoms with Gasteiger partial charge in [0.25, 0.3) is 5.91 Å². The van der Waals surface area contributed by atoms with E-state index in [4.69, 9.17) is 0 Å². The smallest absolute Gasteiger partial charge is 0.337 e. The van der Waals surface area contributed by atoms with Crippen molar-refractivity contribution in [3.8, 4) is 0 Å². The highest BCUT2D eigenvalue weighted by Gasteiger charge is 2.42. The van der Waals surface area contributed by atoms with Gasteiger partial charge in [0.1, 0.15) is 0 Å². The molecule has 24 heavy (non-hydrogen) atoms. The molecule has 0 unspecified atom stereocenters. The fraction of sp³-hybridized carbons (Fsp3) is 0.353. The van der Waals surface area contributed by atoms with Crippen LogP contribution in [0.5, 0.6) is 0 Å². The van der Waals surface area contributed by atoms with E-state index in [1.165, 1.54) is 38.0 Å². The average molecular weight is 333 g/mol. The number of hydrogen-bond donors (Lipinski definition) is 2. The van der Waals surface area contributed by atoms with E-state index in [2.05, 4.69) is 4.74 Å². The second kappa shape index (κ2) is 6.84. The van der Waals surface area contributed by atoms with Crippen LogP contribution in [0.1, 0.15) is 35.8 Å². The second-order valence-corrected chi connectivity index (χ2v) is 5.64. The summed E-state index contributed by atoms with van der Waals surface area (Å²) in [6.45, 7) is 2.73. The number of benzene rings is 1. The summed E-state index contributed by atoms with van der Waals surface area (Å²) < 4.78 is 4.63. The molecule has 1 aliphatic rings. The molecule has 128 valence electrons. The topological polar surface area (TPSA) is 104 Å². The van der Waals surface area contributed by atoms with Crippen LogP contribution in [-0.2, 0) is 14.3 Å². The van der Waals surface area contributed by atoms with Crippen molar-refractivity contribution in [3.63, 3.8) is 0 Å². The van der Waals surface area contributed by atoms with E-state index in [1.54, 1.807) is 12.1 Å². The Hall–Kier alpha value is -2.67. The molecule has 1 amide bonds. The number of methoxy groups -OCH3 is 1. The first kappa shape index (κ1) is 17.7. The van der Waals surface area contributed by atoms with Crippen LogP contribution in [0.4, 0.5) is 0 Å². The highest BCUT2D eigenvalue weighted by atomic mass is 16.5. The summed E-state index contributed by atoms with van der Waals surface area (Å²) >= 11 is 0. The molecule has 0 aliphatic carbocycles.